The van der Waals surface area contributed by atoms with Gasteiger partial charge in [-0.15, -0.1) is 0 Å². The number of hydrogen-bond acceptors (Lipinski definition) is 2. The van der Waals surface area contributed by atoms with Gasteiger partial charge in [-0.25, -0.2) is 0 Å². The van der Waals surface area contributed by atoms with Crippen LogP contribution in [0.4, 0.5) is 5.69 Å². The van der Waals surface area contributed by atoms with Crippen molar-refractivity contribution < 1.29 is 4.79 Å². The largest absolute Gasteiger partial charge is 0.399 e. The molecule has 1 aromatic rings. The van der Waals surface area contributed by atoms with Gasteiger partial charge in [0.1, 0.15) is 0 Å². The van der Waals surface area contributed by atoms with Crippen LogP contribution in [0.5, 0.6) is 0 Å². The highest BCUT2D eigenvalue weighted by Crippen LogP contribution is 2.19. The molecule has 1 heterocycles. The Morgan fingerprint density at radius 2 is 2.11 bits per heavy atom. The van der Waals surface area contributed by atoms with Crippen molar-refractivity contribution in [3.05, 3.63) is 29.3 Å². The van der Waals surface area contributed by atoms with E-state index in [0.29, 0.717) is 0 Å². The number of nitrogens with zero attached hydrogens (tertiary/aromatic N) is 1. The van der Waals surface area contributed by atoms with Crippen LogP contribution < -0.4 is 5.73 Å². The predicted octanol–water partition coefficient (Wildman–Crippen LogP) is 2.84. The molecule has 98 valence electrons. The van der Waals surface area contributed by atoms with Gasteiger partial charge in [-0.05, 0) is 55.9 Å². The first-order valence-corrected chi connectivity index (χ1v) is 6.73. The minimum atomic E-state index is 0.146. The second-order valence-corrected chi connectivity index (χ2v) is 5.40. The Labute approximate surface area is 109 Å². The van der Waals surface area contributed by atoms with Gasteiger partial charge in [-0.2, -0.15) is 0 Å². The molecule has 1 unspecified atom stereocenters. The van der Waals surface area contributed by atoms with E-state index in [4.69, 9.17) is 5.73 Å². The SMILES string of the molecule is Cc1cc(C(=O)N2CCCC(C)CC2)ccc1N. The van der Waals surface area contributed by atoms with E-state index in [1.165, 1.54) is 6.42 Å². The molecule has 0 spiro atoms. The fraction of sp³-hybridized carbons (Fsp3) is 0.533. The summed E-state index contributed by atoms with van der Waals surface area (Å²) >= 11 is 0. The van der Waals surface area contributed by atoms with Gasteiger partial charge in [0, 0.05) is 24.3 Å². The Bertz CT molecular complexity index is 442. The summed E-state index contributed by atoms with van der Waals surface area (Å²) in [4.78, 5) is 14.4. The smallest absolute Gasteiger partial charge is 0.253 e. The molecule has 3 nitrogen and oxygen atoms in total. The number of anilines is 1. The van der Waals surface area contributed by atoms with Crippen molar-refractivity contribution in [3.63, 3.8) is 0 Å². The number of nitrogen functional groups attached to an aromatic ring is 1. The molecule has 0 bridgehead atoms. The summed E-state index contributed by atoms with van der Waals surface area (Å²) in [5.41, 5.74) is 8.27. The topological polar surface area (TPSA) is 46.3 Å². The van der Waals surface area contributed by atoms with Gasteiger partial charge >= 0.3 is 0 Å². The third-order valence-corrected chi connectivity index (χ3v) is 3.82. The predicted molar refractivity (Wildman–Crippen MR) is 74.5 cm³/mol. The summed E-state index contributed by atoms with van der Waals surface area (Å²) in [5, 5.41) is 0. The Kier molecular flexibility index (Phi) is 3.90. The molecule has 1 fully saturated rings. The second-order valence-electron chi connectivity index (χ2n) is 5.40. The number of hydrogen-bond donors (Lipinski definition) is 1. The minimum absolute atomic E-state index is 0.146. The standard InChI is InChI=1S/C15H22N2O/c1-11-4-3-8-17(9-7-11)15(18)13-5-6-14(16)12(2)10-13/h5-6,10-11H,3-4,7-9,16H2,1-2H3. The Morgan fingerprint density at radius 1 is 1.33 bits per heavy atom. The zero-order valence-electron chi connectivity index (χ0n) is 11.3. The first-order valence-electron chi connectivity index (χ1n) is 6.73. The minimum Gasteiger partial charge on any atom is -0.399 e. The summed E-state index contributed by atoms with van der Waals surface area (Å²) in [6.45, 7) is 5.97. The molecule has 0 saturated carbocycles. The van der Waals surface area contributed by atoms with Crippen molar-refractivity contribution >= 4 is 11.6 Å². The maximum absolute atomic E-state index is 12.4. The second kappa shape index (κ2) is 5.42. The molecular formula is C15H22N2O. The Hall–Kier alpha value is -1.51. The monoisotopic (exact) mass is 246 g/mol. The van der Waals surface area contributed by atoms with Crippen molar-refractivity contribution in [2.45, 2.75) is 33.1 Å². The normalized spacial score (nSPS) is 20.6. The lowest BCUT2D eigenvalue weighted by Gasteiger charge is -2.20. The number of nitrogens with two attached hydrogens (primary N) is 1. The summed E-state index contributed by atoms with van der Waals surface area (Å²) < 4.78 is 0. The molecule has 2 N–H and O–H groups in total. The molecular weight excluding hydrogens is 224 g/mol. The molecule has 1 saturated heterocycles. The van der Waals surface area contributed by atoms with Gasteiger partial charge in [-0.3, -0.25) is 4.79 Å². The third-order valence-electron chi connectivity index (χ3n) is 3.82. The molecule has 2 rings (SSSR count). The van der Waals surface area contributed by atoms with E-state index in [1.807, 2.05) is 30.0 Å². The van der Waals surface area contributed by atoms with Crippen LogP contribution in [0.15, 0.2) is 18.2 Å². The van der Waals surface area contributed by atoms with E-state index < -0.39 is 0 Å². The van der Waals surface area contributed by atoms with Crippen molar-refractivity contribution in [2.24, 2.45) is 5.92 Å². The van der Waals surface area contributed by atoms with E-state index in [-0.39, 0.29) is 5.91 Å². The van der Waals surface area contributed by atoms with Gasteiger partial charge < -0.3 is 10.6 Å². The summed E-state index contributed by atoms with van der Waals surface area (Å²) in [5.74, 6) is 0.878. The van der Waals surface area contributed by atoms with Crippen molar-refractivity contribution in [3.8, 4) is 0 Å². The number of benzene rings is 1. The van der Waals surface area contributed by atoms with Crippen LogP contribution in [0.2, 0.25) is 0 Å². The lowest BCUT2D eigenvalue weighted by molar-refractivity contribution is 0.0760. The lowest BCUT2D eigenvalue weighted by Crippen LogP contribution is -2.32. The highest BCUT2D eigenvalue weighted by atomic mass is 16.2. The number of amides is 1. The van der Waals surface area contributed by atoms with Gasteiger partial charge in [0.2, 0.25) is 0 Å². The van der Waals surface area contributed by atoms with Crippen molar-refractivity contribution in [1.82, 2.24) is 4.90 Å². The van der Waals surface area contributed by atoms with Gasteiger partial charge in [0.25, 0.3) is 5.91 Å². The molecule has 1 aromatic carbocycles. The summed E-state index contributed by atoms with van der Waals surface area (Å²) in [6.07, 6.45) is 3.45. The highest BCUT2D eigenvalue weighted by molar-refractivity contribution is 5.94. The average Bonchev–Trinajstić information content (AvgIpc) is 2.57. The maximum atomic E-state index is 12.4. The number of carbonyl (C=O) groups excluding carboxylic acids is 1. The lowest BCUT2D eigenvalue weighted by atomic mass is 10.0. The summed E-state index contributed by atoms with van der Waals surface area (Å²) in [6, 6.07) is 5.55. The number of likely N-dealkylation sites (tertiary alicyclic amines) is 1. The quantitative estimate of drug-likeness (QED) is 0.774. The van der Waals surface area contributed by atoms with Crippen LogP contribution >= 0.6 is 0 Å². The molecule has 0 aliphatic carbocycles. The van der Waals surface area contributed by atoms with E-state index in [9.17, 15) is 4.79 Å². The van der Waals surface area contributed by atoms with Crippen LogP contribution in [0.1, 0.15) is 42.1 Å². The molecule has 3 heteroatoms. The fourth-order valence-corrected chi connectivity index (χ4v) is 2.46. The van der Waals surface area contributed by atoms with Crippen molar-refractivity contribution in [1.29, 1.82) is 0 Å². The van der Waals surface area contributed by atoms with Gasteiger partial charge in [0.15, 0.2) is 0 Å². The van der Waals surface area contributed by atoms with Crippen molar-refractivity contribution in [2.75, 3.05) is 18.8 Å². The van der Waals surface area contributed by atoms with E-state index in [1.54, 1.807) is 0 Å². The zero-order chi connectivity index (χ0) is 13.1. The molecule has 0 aromatic heterocycles. The van der Waals surface area contributed by atoms with Gasteiger partial charge in [0.05, 0.1) is 0 Å². The fourth-order valence-electron chi connectivity index (χ4n) is 2.46. The Balaban J connectivity index is 2.12. The van der Waals surface area contributed by atoms with Gasteiger partial charge in [-0.1, -0.05) is 6.92 Å². The summed E-state index contributed by atoms with van der Waals surface area (Å²) in [7, 11) is 0. The van der Waals surface area contributed by atoms with E-state index in [0.717, 1.165) is 48.7 Å². The van der Waals surface area contributed by atoms with E-state index >= 15 is 0 Å². The van der Waals surface area contributed by atoms with Crippen LogP contribution in [-0.4, -0.2) is 23.9 Å². The first kappa shape index (κ1) is 12.9. The van der Waals surface area contributed by atoms with E-state index in [2.05, 4.69) is 6.92 Å². The van der Waals surface area contributed by atoms with Crippen LogP contribution in [-0.2, 0) is 0 Å². The molecule has 1 aliphatic rings. The molecule has 1 atom stereocenters. The highest BCUT2D eigenvalue weighted by Gasteiger charge is 2.19. The van der Waals surface area contributed by atoms with Crippen LogP contribution in [0, 0.1) is 12.8 Å². The molecule has 1 amide bonds. The third kappa shape index (κ3) is 2.84. The Morgan fingerprint density at radius 3 is 2.83 bits per heavy atom. The molecule has 1 aliphatic heterocycles. The molecule has 0 radical (unpaired) electrons. The first-order chi connectivity index (χ1) is 8.58. The number of rotatable bonds is 1. The maximum Gasteiger partial charge on any atom is 0.253 e. The number of carbonyl (C=O) groups is 1. The van der Waals surface area contributed by atoms with Crippen LogP contribution in [0.25, 0.3) is 0 Å². The molecule has 18 heavy (non-hydrogen) atoms. The zero-order valence-corrected chi connectivity index (χ0v) is 11.3. The average molecular weight is 246 g/mol. The van der Waals surface area contributed by atoms with Crippen LogP contribution in [0.3, 0.4) is 0 Å². The number of aryl methyl sites for hydroxylation is 1.